The molecule has 2 aromatic carbocycles. The quantitative estimate of drug-likeness (QED) is 0.589. The molecule has 162 valence electrons. The molecule has 0 spiro atoms. The molecule has 1 heterocycles. The summed E-state index contributed by atoms with van der Waals surface area (Å²) in [6.45, 7) is 4.45. The zero-order chi connectivity index (χ0) is 19.6. The first-order valence-corrected chi connectivity index (χ1v) is 8.89. The second-order valence-electron chi connectivity index (χ2n) is 6.40. The third-order valence-electron chi connectivity index (χ3n) is 4.54. The van der Waals surface area contributed by atoms with E-state index in [9.17, 15) is 17.6 Å². The molecule has 3 rings (SSSR count). The minimum atomic E-state index is -4.76. The number of piperazine rings is 1. The summed E-state index contributed by atoms with van der Waals surface area (Å²) >= 11 is 6.33. The fraction of sp³-hybridized carbons (Fsp3) is 0.368. The van der Waals surface area contributed by atoms with Crippen LogP contribution < -0.4 is 10.1 Å². The molecule has 0 aliphatic carbocycles. The number of hydrogen-bond acceptors (Lipinski definition) is 3. The predicted molar refractivity (Wildman–Crippen MR) is 110 cm³/mol. The summed E-state index contributed by atoms with van der Waals surface area (Å²) in [5.74, 6) is -0.720. The fourth-order valence-electron chi connectivity index (χ4n) is 3.28. The van der Waals surface area contributed by atoms with Gasteiger partial charge in [0.1, 0.15) is 11.6 Å². The number of hydrogen-bond donors (Lipinski definition) is 1. The van der Waals surface area contributed by atoms with Crippen molar-refractivity contribution in [3.8, 4) is 5.75 Å². The van der Waals surface area contributed by atoms with Crippen LogP contribution in [0.2, 0.25) is 5.02 Å². The normalized spacial score (nSPS) is 15.8. The Bertz CT molecular complexity index is 797. The Labute approximate surface area is 184 Å². The van der Waals surface area contributed by atoms with Crippen molar-refractivity contribution >= 4 is 36.4 Å². The van der Waals surface area contributed by atoms with Gasteiger partial charge in [0.15, 0.2) is 0 Å². The van der Waals surface area contributed by atoms with Crippen molar-refractivity contribution in [3.63, 3.8) is 0 Å². The van der Waals surface area contributed by atoms with Gasteiger partial charge in [-0.3, -0.25) is 4.90 Å². The van der Waals surface area contributed by atoms with Crippen LogP contribution in [0, 0.1) is 12.7 Å². The highest BCUT2D eigenvalue weighted by Gasteiger charge is 2.32. The van der Waals surface area contributed by atoms with Crippen molar-refractivity contribution in [3.05, 3.63) is 63.9 Å². The molecule has 1 aliphatic rings. The Hall–Kier alpha value is -1.25. The third-order valence-corrected chi connectivity index (χ3v) is 4.87. The molecule has 1 aliphatic heterocycles. The molecule has 1 saturated heterocycles. The summed E-state index contributed by atoms with van der Waals surface area (Å²) in [5, 5.41) is 3.52. The minimum Gasteiger partial charge on any atom is -0.406 e. The van der Waals surface area contributed by atoms with E-state index in [-0.39, 0.29) is 35.6 Å². The zero-order valence-corrected chi connectivity index (χ0v) is 17.8. The van der Waals surface area contributed by atoms with Crippen molar-refractivity contribution in [2.24, 2.45) is 0 Å². The van der Waals surface area contributed by atoms with Crippen LogP contribution in [0.4, 0.5) is 17.6 Å². The molecule has 1 fully saturated rings. The van der Waals surface area contributed by atoms with E-state index < -0.39 is 18.2 Å². The molecule has 1 N–H and O–H groups in total. The smallest absolute Gasteiger partial charge is 0.406 e. The molecule has 0 amide bonds. The average molecular weight is 476 g/mol. The lowest BCUT2D eigenvalue weighted by molar-refractivity contribution is -0.274. The van der Waals surface area contributed by atoms with Gasteiger partial charge in [0.2, 0.25) is 0 Å². The van der Waals surface area contributed by atoms with Crippen molar-refractivity contribution in [2.75, 3.05) is 26.2 Å². The molecule has 10 heteroatoms. The molecule has 0 aromatic heterocycles. The van der Waals surface area contributed by atoms with Gasteiger partial charge in [-0.25, -0.2) is 4.39 Å². The molecule has 0 bridgehead atoms. The molecule has 0 saturated carbocycles. The summed E-state index contributed by atoms with van der Waals surface area (Å²) in [4.78, 5) is 2.07. The van der Waals surface area contributed by atoms with Gasteiger partial charge in [-0.2, -0.15) is 0 Å². The van der Waals surface area contributed by atoms with Crippen LogP contribution in [0.3, 0.4) is 0 Å². The van der Waals surface area contributed by atoms with Crippen LogP contribution in [0.15, 0.2) is 36.4 Å². The predicted octanol–water partition coefficient (Wildman–Crippen LogP) is 5.52. The zero-order valence-electron chi connectivity index (χ0n) is 15.4. The SMILES string of the molecule is Cc1ccc(Cl)c([C@@H](c2ccc(OC(F)(F)F)cc2)N2CCNCC2)c1F.Cl.Cl. The summed E-state index contributed by atoms with van der Waals surface area (Å²) in [7, 11) is 0. The highest BCUT2D eigenvalue weighted by molar-refractivity contribution is 6.31. The first kappa shape index (κ1) is 25.8. The maximum atomic E-state index is 15.0. The number of halogens is 7. The highest BCUT2D eigenvalue weighted by Crippen LogP contribution is 2.37. The monoisotopic (exact) mass is 474 g/mol. The first-order valence-electron chi connectivity index (χ1n) is 8.51. The lowest BCUT2D eigenvalue weighted by Crippen LogP contribution is -2.45. The van der Waals surface area contributed by atoms with Gasteiger partial charge in [0.25, 0.3) is 0 Å². The molecule has 29 heavy (non-hydrogen) atoms. The van der Waals surface area contributed by atoms with Crippen molar-refractivity contribution in [2.45, 2.75) is 19.3 Å². The Morgan fingerprint density at radius 3 is 2.17 bits per heavy atom. The minimum absolute atomic E-state index is 0. The number of aryl methyl sites for hydroxylation is 1. The summed E-state index contributed by atoms with van der Waals surface area (Å²) in [5.41, 5.74) is 1.45. The van der Waals surface area contributed by atoms with Gasteiger partial charge < -0.3 is 10.1 Å². The van der Waals surface area contributed by atoms with E-state index in [2.05, 4.69) is 15.0 Å². The van der Waals surface area contributed by atoms with Gasteiger partial charge in [-0.15, -0.1) is 38.0 Å². The Morgan fingerprint density at radius 2 is 1.62 bits per heavy atom. The van der Waals surface area contributed by atoms with Gasteiger partial charge >= 0.3 is 6.36 Å². The number of benzene rings is 2. The van der Waals surface area contributed by atoms with Crippen LogP contribution in [-0.2, 0) is 0 Å². The van der Waals surface area contributed by atoms with Crippen LogP contribution in [-0.4, -0.2) is 37.4 Å². The largest absolute Gasteiger partial charge is 0.573 e. The molecular weight excluding hydrogens is 455 g/mol. The summed E-state index contributed by atoms with van der Waals surface area (Å²) < 4.78 is 56.1. The van der Waals surface area contributed by atoms with Crippen LogP contribution in [0.25, 0.3) is 0 Å². The molecule has 3 nitrogen and oxygen atoms in total. The number of alkyl halides is 3. The van der Waals surface area contributed by atoms with E-state index >= 15 is 0 Å². The number of ether oxygens (including phenoxy) is 1. The van der Waals surface area contributed by atoms with E-state index in [1.165, 1.54) is 24.3 Å². The van der Waals surface area contributed by atoms with Crippen LogP contribution in [0.1, 0.15) is 22.7 Å². The van der Waals surface area contributed by atoms with E-state index in [0.717, 1.165) is 13.1 Å². The molecule has 2 aromatic rings. The van der Waals surface area contributed by atoms with Crippen molar-refractivity contribution in [1.29, 1.82) is 0 Å². The van der Waals surface area contributed by atoms with Crippen LogP contribution in [0.5, 0.6) is 5.75 Å². The lowest BCUT2D eigenvalue weighted by atomic mass is 9.94. The number of rotatable bonds is 4. The Morgan fingerprint density at radius 1 is 1.03 bits per heavy atom. The first-order chi connectivity index (χ1) is 12.8. The number of nitrogens with zero attached hydrogens (tertiary/aromatic N) is 1. The standard InChI is InChI=1S/C19H19ClF4N2O.2ClH/c1-12-2-7-15(20)16(17(12)21)18(26-10-8-25-9-11-26)13-3-5-14(6-4-13)27-19(22,23)24;;/h2-7,18,25H,8-11H2,1H3;2*1H/t18-;;/m1../s1. The van der Waals surface area contributed by atoms with Gasteiger partial charge in [-0.05, 0) is 36.2 Å². The van der Waals surface area contributed by atoms with E-state index in [1.807, 2.05) is 0 Å². The second kappa shape index (κ2) is 10.7. The average Bonchev–Trinajstić information content (AvgIpc) is 2.62. The fourth-order valence-corrected chi connectivity index (χ4v) is 3.53. The molecule has 1 atom stereocenters. The van der Waals surface area contributed by atoms with E-state index in [1.54, 1.807) is 19.1 Å². The van der Waals surface area contributed by atoms with E-state index in [4.69, 9.17) is 11.6 Å². The van der Waals surface area contributed by atoms with E-state index in [0.29, 0.717) is 29.8 Å². The molecule has 0 radical (unpaired) electrons. The van der Waals surface area contributed by atoms with Crippen LogP contribution >= 0.6 is 36.4 Å². The summed E-state index contributed by atoms with van der Waals surface area (Å²) in [6.07, 6.45) is -4.76. The topological polar surface area (TPSA) is 24.5 Å². The van der Waals surface area contributed by atoms with Gasteiger partial charge in [0.05, 0.1) is 6.04 Å². The van der Waals surface area contributed by atoms with Crippen molar-refractivity contribution in [1.82, 2.24) is 10.2 Å². The maximum Gasteiger partial charge on any atom is 0.573 e. The molecule has 0 unspecified atom stereocenters. The Balaban J connectivity index is 0.00000210. The second-order valence-corrected chi connectivity index (χ2v) is 6.80. The summed E-state index contributed by atoms with van der Waals surface area (Å²) in [6, 6.07) is 8.26. The Kier molecular flexibility index (Phi) is 9.50. The van der Waals surface area contributed by atoms with Gasteiger partial charge in [-0.1, -0.05) is 29.8 Å². The number of nitrogens with one attached hydrogen (secondary N) is 1. The highest BCUT2D eigenvalue weighted by atomic mass is 35.5. The van der Waals surface area contributed by atoms with Crippen molar-refractivity contribution < 1.29 is 22.3 Å². The third kappa shape index (κ3) is 6.36. The maximum absolute atomic E-state index is 15.0. The lowest BCUT2D eigenvalue weighted by Gasteiger charge is -2.36. The molecular formula is C19H21Cl3F4N2O. The van der Waals surface area contributed by atoms with Gasteiger partial charge in [0, 0.05) is 36.8 Å².